The number of fused-ring (bicyclic) bond motifs is 1. The Morgan fingerprint density at radius 3 is 2.68 bits per heavy atom. The van der Waals surface area contributed by atoms with E-state index in [2.05, 4.69) is 4.99 Å². The molecule has 9 heteroatoms. The van der Waals surface area contributed by atoms with Crippen molar-refractivity contribution in [2.45, 2.75) is 24.1 Å². The van der Waals surface area contributed by atoms with E-state index in [1.807, 2.05) is 0 Å². The Morgan fingerprint density at radius 1 is 1.42 bits per heavy atom. The lowest BCUT2D eigenvalue weighted by Crippen LogP contribution is -2.34. The van der Waals surface area contributed by atoms with Gasteiger partial charge in [0.1, 0.15) is 0 Å². The van der Waals surface area contributed by atoms with E-state index >= 15 is 0 Å². The molecule has 0 aromatic carbocycles. The Morgan fingerprint density at radius 2 is 2.11 bits per heavy atom. The molecule has 106 valence electrons. The number of carbonyl (C=O) groups is 2. The minimum atomic E-state index is -2.99. The normalized spacial score (nSPS) is 30.6. The van der Waals surface area contributed by atoms with E-state index in [4.69, 9.17) is 5.11 Å². The van der Waals surface area contributed by atoms with E-state index in [-0.39, 0.29) is 35.6 Å². The molecule has 0 radical (unpaired) electrons. The minimum Gasteiger partial charge on any atom is -0.481 e. The Kier molecular flexibility index (Phi) is 3.86. The number of amides is 1. The van der Waals surface area contributed by atoms with E-state index < -0.39 is 21.7 Å². The number of carboxylic acid groups (broad SMARTS) is 1. The predicted molar refractivity (Wildman–Crippen MR) is 70.9 cm³/mol. The summed E-state index contributed by atoms with van der Waals surface area (Å²) in [5.74, 6) is -1.33. The fourth-order valence-corrected chi connectivity index (χ4v) is 6.13. The molecule has 19 heavy (non-hydrogen) atoms. The lowest BCUT2D eigenvalue weighted by atomic mass is 10.2. The van der Waals surface area contributed by atoms with Crippen molar-refractivity contribution in [3.05, 3.63) is 0 Å². The molecule has 0 saturated carbocycles. The van der Waals surface area contributed by atoms with Crippen LogP contribution < -0.4 is 0 Å². The fourth-order valence-electron chi connectivity index (χ4n) is 2.11. The minimum absolute atomic E-state index is 0.0824. The quantitative estimate of drug-likeness (QED) is 0.755. The summed E-state index contributed by atoms with van der Waals surface area (Å²) >= 11 is 1.28. The SMILES string of the molecule is CN1C(=NC(=O)CCC(=O)O)S[C@H]2CS(=O)(=O)C[C@H]21. The summed E-state index contributed by atoms with van der Waals surface area (Å²) in [6.07, 6.45) is -0.383. The molecule has 2 aliphatic heterocycles. The molecule has 2 saturated heterocycles. The highest BCUT2D eigenvalue weighted by molar-refractivity contribution is 8.15. The Labute approximate surface area is 115 Å². The number of nitrogens with zero attached hydrogens (tertiary/aromatic N) is 2. The topological polar surface area (TPSA) is 104 Å². The molecule has 2 aliphatic rings. The highest BCUT2D eigenvalue weighted by atomic mass is 32.2. The van der Waals surface area contributed by atoms with E-state index in [1.54, 1.807) is 11.9 Å². The van der Waals surface area contributed by atoms with Crippen LogP contribution in [-0.4, -0.2) is 65.3 Å². The number of aliphatic imine (C=N–C) groups is 1. The van der Waals surface area contributed by atoms with E-state index in [0.717, 1.165) is 0 Å². The van der Waals surface area contributed by atoms with Gasteiger partial charge in [0.2, 0.25) is 5.91 Å². The third-order valence-electron chi connectivity index (χ3n) is 3.10. The van der Waals surface area contributed by atoms with Crippen molar-refractivity contribution in [1.82, 2.24) is 4.90 Å². The van der Waals surface area contributed by atoms with Gasteiger partial charge >= 0.3 is 5.97 Å². The molecule has 0 aromatic heterocycles. The van der Waals surface area contributed by atoms with Crippen molar-refractivity contribution in [2.24, 2.45) is 4.99 Å². The van der Waals surface area contributed by atoms with Crippen molar-refractivity contribution in [1.29, 1.82) is 0 Å². The maximum Gasteiger partial charge on any atom is 0.303 e. The van der Waals surface area contributed by atoms with Crippen LogP contribution in [0, 0.1) is 0 Å². The predicted octanol–water partition coefficient (Wildman–Crippen LogP) is -0.422. The number of rotatable bonds is 3. The summed E-state index contributed by atoms with van der Waals surface area (Å²) in [6, 6.07) is -0.138. The molecule has 0 aliphatic carbocycles. The summed E-state index contributed by atoms with van der Waals surface area (Å²) in [5.41, 5.74) is 0. The first kappa shape index (κ1) is 14.3. The first-order valence-corrected chi connectivity index (χ1v) is 8.42. The van der Waals surface area contributed by atoms with Gasteiger partial charge in [0.15, 0.2) is 15.0 Å². The second-order valence-corrected chi connectivity index (χ2v) is 7.95. The van der Waals surface area contributed by atoms with Crippen LogP contribution in [-0.2, 0) is 19.4 Å². The van der Waals surface area contributed by atoms with E-state index in [0.29, 0.717) is 5.17 Å². The van der Waals surface area contributed by atoms with Crippen molar-refractivity contribution in [3.63, 3.8) is 0 Å². The zero-order chi connectivity index (χ0) is 14.2. The Hall–Kier alpha value is -1.09. The van der Waals surface area contributed by atoms with Gasteiger partial charge in [0.25, 0.3) is 0 Å². The van der Waals surface area contributed by atoms with Crippen LogP contribution >= 0.6 is 11.8 Å². The average molecular weight is 306 g/mol. The number of hydrogen-bond donors (Lipinski definition) is 1. The molecule has 0 spiro atoms. The van der Waals surface area contributed by atoms with Crippen LogP contribution in [0.1, 0.15) is 12.8 Å². The van der Waals surface area contributed by atoms with Gasteiger partial charge in [-0.1, -0.05) is 11.8 Å². The van der Waals surface area contributed by atoms with Crippen molar-refractivity contribution in [3.8, 4) is 0 Å². The van der Waals surface area contributed by atoms with Gasteiger partial charge in [0, 0.05) is 18.7 Å². The monoisotopic (exact) mass is 306 g/mol. The third kappa shape index (κ3) is 3.27. The van der Waals surface area contributed by atoms with Crippen LogP contribution in [0.2, 0.25) is 0 Å². The van der Waals surface area contributed by atoms with Crippen LogP contribution in [0.3, 0.4) is 0 Å². The summed E-state index contributed by atoms with van der Waals surface area (Å²) in [4.78, 5) is 27.4. The first-order valence-electron chi connectivity index (χ1n) is 5.72. The van der Waals surface area contributed by atoms with Crippen LogP contribution in [0.15, 0.2) is 4.99 Å². The second-order valence-electron chi connectivity index (χ2n) is 4.59. The van der Waals surface area contributed by atoms with Crippen molar-refractivity contribution < 1.29 is 23.1 Å². The largest absolute Gasteiger partial charge is 0.481 e. The molecule has 2 fully saturated rings. The molecule has 2 atom stereocenters. The summed E-state index contributed by atoms with van der Waals surface area (Å²) in [5, 5.41) is 8.89. The first-order chi connectivity index (χ1) is 8.78. The van der Waals surface area contributed by atoms with Gasteiger partial charge in [0.05, 0.1) is 24.0 Å². The highest BCUT2D eigenvalue weighted by Gasteiger charge is 2.47. The zero-order valence-corrected chi connectivity index (χ0v) is 11.9. The number of carboxylic acids is 1. The lowest BCUT2D eigenvalue weighted by Gasteiger charge is -2.17. The molecule has 1 N–H and O–H groups in total. The average Bonchev–Trinajstić information content (AvgIpc) is 2.72. The van der Waals surface area contributed by atoms with E-state index in [9.17, 15) is 18.0 Å². The number of sulfone groups is 1. The maximum atomic E-state index is 11.5. The summed E-state index contributed by atoms with van der Waals surface area (Å²) < 4.78 is 23.0. The smallest absolute Gasteiger partial charge is 0.303 e. The molecule has 1 amide bonds. The van der Waals surface area contributed by atoms with Gasteiger partial charge < -0.3 is 10.0 Å². The molecule has 2 heterocycles. The molecular weight excluding hydrogens is 292 g/mol. The van der Waals surface area contributed by atoms with Crippen molar-refractivity contribution >= 4 is 38.6 Å². The van der Waals surface area contributed by atoms with Gasteiger partial charge in [-0.05, 0) is 0 Å². The molecular formula is C10H14N2O5S2. The third-order valence-corrected chi connectivity index (χ3v) is 6.40. The Bertz CT molecular complexity index is 542. The van der Waals surface area contributed by atoms with Crippen LogP contribution in [0.25, 0.3) is 0 Å². The van der Waals surface area contributed by atoms with Gasteiger partial charge in [-0.25, -0.2) is 8.42 Å². The van der Waals surface area contributed by atoms with Gasteiger partial charge in [-0.15, -0.1) is 0 Å². The molecule has 0 unspecified atom stereocenters. The van der Waals surface area contributed by atoms with Crippen LogP contribution in [0.5, 0.6) is 0 Å². The summed E-state index contributed by atoms with van der Waals surface area (Å²) in [7, 11) is -1.28. The van der Waals surface area contributed by atoms with Crippen molar-refractivity contribution in [2.75, 3.05) is 18.6 Å². The number of amidine groups is 1. The number of carbonyl (C=O) groups excluding carboxylic acids is 1. The number of hydrogen-bond acceptors (Lipinski definition) is 5. The molecule has 2 rings (SSSR count). The standard InChI is InChI=1S/C10H14N2O5S2/c1-12-6-4-19(16,17)5-7(6)18-10(12)11-8(13)2-3-9(14)15/h6-7H,2-5H2,1H3,(H,14,15)/t6-,7+/m1/s1. The maximum absolute atomic E-state index is 11.5. The summed E-state index contributed by atoms with van der Waals surface area (Å²) in [6.45, 7) is 0. The molecule has 0 aromatic rings. The number of thioether (sulfide) groups is 1. The highest BCUT2D eigenvalue weighted by Crippen LogP contribution is 2.36. The number of aliphatic carboxylic acids is 1. The van der Waals surface area contributed by atoms with Gasteiger partial charge in [-0.3, -0.25) is 9.59 Å². The van der Waals surface area contributed by atoms with E-state index in [1.165, 1.54) is 11.8 Å². The lowest BCUT2D eigenvalue weighted by molar-refractivity contribution is -0.138. The molecule has 7 nitrogen and oxygen atoms in total. The Balaban J connectivity index is 2.01. The zero-order valence-electron chi connectivity index (χ0n) is 10.3. The molecule has 0 bridgehead atoms. The van der Waals surface area contributed by atoms with Gasteiger partial charge in [-0.2, -0.15) is 4.99 Å². The van der Waals surface area contributed by atoms with Crippen LogP contribution in [0.4, 0.5) is 0 Å². The fraction of sp³-hybridized carbons (Fsp3) is 0.700. The second kappa shape index (κ2) is 5.12.